The third-order valence-electron chi connectivity index (χ3n) is 2.79. The third kappa shape index (κ3) is 3.13. The van der Waals surface area contributed by atoms with Gasteiger partial charge in [-0.05, 0) is 18.9 Å². The standard InChI is InChI=1S/C14H19N3S/c1-3-8-13-15-16-14(17(13)4-2)18-11-12-9-6-5-7-10-12/h5-7,9-10H,3-4,8,11H2,1-2H3. The van der Waals surface area contributed by atoms with Crippen LogP contribution in [0.2, 0.25) is 0 Å². The number of aromatic nitrogens is 3. The maximum Gasteiger partial charge on any atom is 0.191 e. The maximum atomic E-state index is 4.30. The summed E-state index contributed by atoms with van der Waals surface area (Å²) < 4.78 is 2.22. The Morgan fingerprint density at radius 1 is 1.11 bits per heavy atom. The average molecular weight is 261 g/mol. The minimum atomic E-state index is 0.944. The second kappa shape index (κ2) is 6.59. The summed E-state index contributed by atoms with van der Waals surface area (Å²) in [5.74, 6) is 2.06. The molecule has 1 aromatic heterocycles. The number of thioether (sulfide) groups is 1. The number of rotatable bonds is 6. The van der Waals surface area contributed by atoms with Crippen molar-refractivity contribution in [1.29, 1.82) is 0 Å². The lowest BCUT2D eigenvalue weighted by atomic mass is 10.2. The summed E-state index contributed by atoms with van der Waals surface area (Å²) in [5, 5.41) is 9.61. The molecule has 0 atom stereocenters. The zero-order chi connectivity index (χ0) is 12.8. The van der Waals surface area contributed by atoms with Gasteiger partial charge >= 0.3 is 0 Å². The summed E-state index contributed by atoms with van der Waals surface area (Å²) in [5.41, 5.74) is 1.32. The van der Waals surface area contributed by atoms with Gasteiger partial charge < -0.3 is 4.57 Å². The van der Waals surface area contributed by atoms with Gasteiger partial charge in [0.05, 0.1) is 0 Å². The fourth-order valence-corrected chi connectivity index (χ4v) is 2.85. The minimum absolute atomic E-state index is 0.944. The molecule has 0 radical (unpaired) electrons. The highest BCUT2D eigenvalue weighted by Crippen LogP contribution is 2.22. The van der Waals surface area contributed by atoms with Crippen LogP contribution in [0, 0.1) is 0 Å². The molecule has 0 saturated carbocycles. The quantitative estimate of drug-likeness (QED) is 0.745. The van der Waals surface area contributed by atoms with Crippen molar-refractivity contribution >= 4 is 11.8 Å². The predicted octanol–water partition coefficient (Wildman–Crippen LogP) is 3.54. The van der Waals surface area contributed by atoms with E-state index in [-0.39, 0.29) is 0 Å². The Labute approximate surface area is 113 Å². The summed E-state index contributed by atoms with van der Waals surface area (Å²) in [6.07, 6.45) is 2.12. The number of benzene rings is 1. The summed E-state index contributed by atoms with van der Waals surface area (Å²) in [6, 6.07) is 10.5. The van der Waals surface area contributed by atoms with Crippen LogP contribution in [0.5, 0.6) is 0 Å². The molecule has 0 aliphatic heterocycles. The topological polar surface area (TPSA) is 30.7 Å². The Morgan fingerprint density at radius 3 is 2.56 bits per heavy atom. The van der Waals surface area contributed by atoms with Crippen LogP contribution < -0.4 is 0 Å². The van der Waals surface area contributed by atoms with Crippen molar-refractivity contribution in [3.63, 3.8) is 0 Å². The van der Waals surface area contributed by atoms with Crippen LogP contribution >= 0.6 is 11.8 Å². The van der Waals surface area contributed by atoms with E-state index in [1.165, 1.54) is 5.56 Å². The highest BCUT2D eigenvalue weighted by atomic mass is 32.2. The smallest absolute Gasteiger partial charge is 0.191 e. The molecule has 1 heterocycles. The normalized spacial score (nSPS) is 10.8. The molecule has 3 nitrogen and oxygen atoms in total. The van der Waals surface area contributed by atoms with E-state index in [4.69, 9.17) is 0 Å². The predicted molar refractivity (Wildman–Crippen MR) is 75.7 cm³/mol. The van der Waals surface area contributed by atoms with E-state index in [0.29, 0.717) is 0 Å². The minimum Gasteiger partial charge on any atom is -0.306 e. The van der Waals surface area contributed by atoms with Crippen molar-refractivity contribution in [3.8, 4) is 0 Å². The molecule has 0 bridgehead atoms. The Hall–Kier alpha value is -1.29. The van der Waals surface area contributed by atoms with E-state index < -0.39 is 0 Å². The van der Waals surface area contributed by atoms with E-state index in [1.54, 1.807) is 11.8 Å². The SMILES string of the molecule is CCCc1nnc(SCc2ccccc2)n1CC. The molecule has 0 saturated heterocycles. The number of hydrogen-bond acceptors (Lipinski definition) is 3. The second-order valence-electron chi connectivity index (χ2n) is 4.17. The first-order chi connectivity index (χ1) is 8.85. The van der Waals surface area contributed by atoms with Gasteiger partial charge in [-0.1, -0.05) is 49.0 Å². The molecular weight excluding hydrogens is 242 g/mol. The van der Waals surface area contributed by atoms with Crippen LogP contribution in [0.3, 0.4) is 0 Å². The molecule has 96 valence electrons. The van der Waals surface area contributed by atoms with Crippen molar-refractivity contribution in [2.45, 2.75) is 44.1 Å². The van der Waals surface area contributed by atoms with Crippen molar-refractivity contribution in [2.24, 2.45) is 0 Å². The fourth-order valence-electron chi connectivity index (χ4n) is 1.87. The van der Waals surface area contributed by atoms with Gasteiger partial charge in [-0.25, -0.2) is 0 Å². The van der Waals surface area contributed by atoms with E-state index in [0.717, 1.165) is 36.1 Å². The molecule has 0 spiro atoms. The summed E-state index contributed by atoms with van der Waals surface area (Å²) in [4.78, 5) is 0. The largest absolute Gasteiger partial charge is 0.306 e. The highest BCUT2D eigenvalue weighted by Gasteiger charge is 2.10. The average Bonchev–Trinajstić information content (AvgIpc) is 2.80. The first kappa shape index (κ1) is 13.1. The van der Waals surface area contributed by atoms with Gasteiger partial charge in [-0.2, -0.15) is 0 Å². The zero-order valence-corrected chi connectivity index (χ0v) is 11.8. The Morgan fingerprint density at radius 2 is 1.89 bits per heavy atom. The van der Waals surface area contributed by atoms with Gasteiger partial charge in [0.2, 0.25) is 0 Å². The van der Waals surface area contributed by atoms with Crippen molar-refractivity contribution < 1.29 is 0 Å². The van der Waals surface area contributed by atoms with Crippen molar-refractivity contribution in [3.05, 3.63) is 41.7 Å². The molecule has 0 N–H and O–H groups in total. The molecule has 2 aromatic rings. The zero-order valence-electron chi connectivity index (χ0n) is 11.0. The van der Waals surface area contributed by atoms with Crippen LogP contribution in [0.15, 0.2) is 35.5 Å². The molecule has 0 amide bonds. The molecule has 0 fully saturated rings. The van der Waals surface area contributed by atoms with Gasteiger partial charge in [0.15, 0.2) is 5.16 Å². The van der Waals surface area contributed by atoms with Crippen molar-refractivity contribution in [1.82, 2.24) is 14.8 Å². The summed E-state index contributed by atoms with van der Waals surface area (Å²) in [7, 11) is 0. The van der Waals surface area contributed by atoms with Gasteiger partial charge in [0.1, 0.15) is 5.82 Å². The Balaban J connectivity index is 2.05. The van der Waals surface area contributed by atoms with Crippen LogP contribution in [-0.2, 0) is 18.7 Å². The highest BCUT2D eigenvalue weighted by molar-refractivity contribution is 7.98. The molecule has 2 rings (SSSR count). The van der Waals surface area contributed by atoms with Crippen LogP contribution in [0.4, 0.5) is 0 Å². The third-order valence-corrected chi connectivity index (χ3v) is 3.83. The monoisotopic (exact) mass is 261 g/mol. The number of hydrogen-bond donors (Lipinski definition) is 0. The number of aryl methyl sites for hydroxylation is 1. The molecule has 0 unspecified atom stereocenters. The van der Waals surface area contributed by atoms with E-state index >= 15 is 0 Å². The lowest BCUT2D eigenvalue weighted by Crippen LogP contribution is -2.02. The second-order valence-corrected chi connectivity index (χ2v) is 5.11. The van der Waals surface area contributed by atoms with Crippen LogP contribution in [0.25, 0.3) is 0 Å². The molecule has 0 aliphatic rings. The van der Waals surface area contributed by atoms with Gasteiger partial charge in [-0.3, -0.25) is 0 Å². The summed E-state index contributed by atoms with van der Waals surface area (Å²) in [6.45, 7) is 5.26. The van der Waals surface area contributed by atoms with Crippen molar-refractivity contribution in [2.75, 3.05) is 0 Å². The summed E-state index contributed by atoms with van der Waals surface area (Å²) >= 11 is 1.76. The lowest BCUT2D eigenvalue weighted by Gasteiger charge is -2.06. The molecule has 18 heavy (non-hydrogen) atoms. The van der Waals surface area contributed by atoms with E-state index in [2.05, 4.69) is 52.9 Å². The Bertz CT molecular complexity index is 479. The first-order valence-electron chi connectivity index (χ1n) is 6.44. The van der Waals surface area contributed by atoms with Crippen LogP contribution in [-0.4, -0.2) is 14.8 Å². The van der Waals surface area contributed by atoms with E-state index in [9.17, 15) is 0 Å². The number of nitrogens with zero attached hydrogens (tertiary/aromatic N) is 3. The van der Waals surface area contributed by atoms with E-state index in [1.807, 2.05) is 6.07 Å². The van der Waals surface area contributed by atoms with Gasteiger partial charge in [0.25, 0.3) is 0 Å². The van der Waals surface area contributed by atoms with Gasteiger partial charge in [0, 0.05) is 18.7 Å². The molecule has 1 aromatic carbocycles. The lowest BCUT2D eigenvalue weighted by molar-refractivity contribution is 0.634. The van der Waals surface area contributed by atoms with Crippen LogP contribution in [0.1, 0.15) is 31.7 Å². The maximum absolute atomic E-state index is 4.30. The molecule has 4 heteroatoms. The first-order valence-corrected chi connectivity index (χ1v) is 7.42. The Kier molecular flexibility index (Phi) is 4.81. The fraction of sp³-hybridized carbons (Fsp3) is 0.429. The molecular formula is C14H19N3S. The van der Waals surface area contributed by atoms with Gasteiger partial charge in [-0.15, -0.1) is 10.2 Å². The molecule has 0 aliphatic carbocycles.